The van der Waals surface area contributed by atoms with E-state index in [2.05, 4.69) is 20.6 Å². The Morgan fingerprint density at radius 2 is 1.72 bits per heavy atom. The first kappa shape index (κ1) is 18.9. The van der Waals surface area contributed by atoms with Gasteiger partial charge in [-0.2, -0.15) is 0 Å². The fraction of sp³-hybridized carbons (Fsp3) is 0.261. The van der Waals surface area contributed by atoms with Crippen LogP contribution in [0, 0.1) is 11.8 Å². The van der Waals surface area contributed by atoms with Crippen LogP contribution in [-0.2, 0) is 9.53 Å². The molecule has 0 spiro atoms. The highest BCUT2D eigenvalue weighted by molar-refractivity contribution is 5.76. The van der Waals surface area contributed by atoms with Crippen molar-refractivity contribution in [2.24, 2.45) is 11.8 Å². The number of nitrogens with zero attached hydrogens (tertiary/aromatic N) is 2. The van der Waals surface area contributed by atoms with Crippen LogP contribution < -0.4 is 10.6 Å². The van der Waals surface area contributed by atoms with E-state index in [1.165, 1.54) is 0 Å². The third-order valence-corrected chi connectivity index (χ3v) is 4.96. The molecule has 1 aliphatic rings. The van der Waals surface area contributed by atoms with Crippen molar-refractivity contribution in [3.63, 3.8) is 0 Å². The van der Waals surface area contributed by atoms with Gasteiger partial charge < -0.3 is 15.4 Å². The Balaban J connectivity index is 1.40. The zero-order chi connectivity index (χ0) is 20.1. The number of aromatic nitrogens is 2. The van der Waals surface area contributed by atoms with Gasteiger partial charge in [-0.25, -0.2) is 9.97 Å². The van der Waals surface area contributed by atoms with Crippen molar-refractivity contribution < 1.29 is 9.53 Å². The Labute approximate surface area is 170 Å². The lowest BCUT2D eigenvalue weighted by atomic mass is 10.1. The predicted molar refractivity (Wildman–Crippen MR) is 114 cm³/mol. The van der Waals surface area contributed by atoms with Gasteiger partial charge in [-0.15, -0.1) is 0 Å². The number of para-hydroxylation sites is 1. The smallest absolute Gasteiger partial charge is 0.309 e. The molecule has 6 heteroatoms. The minimum Gasteiger partial charge on any atom is -0.466 e. The quantitative estimate of drug-likeness (QED) is 0.554. The molecule has 29 heavy (non-hydrogen) atoms. The zero-order valence-corrected chi connectivity index (χ0v) is 16.3. The van der Waals surface area contributed by atoms with Crippen LogP contribution in [0.4, 0.5) is 17.3 Å². The minimum absolute atomic E-state index is 0.0254. The van der Waals surface area contributed by atoms with E-state index in [4.69, 9.17) is 4.74 Å². The van der Waals surface area contributed by atoms with Gasteiger partial charge in [-0.05, 0) is 66.8 Å². The topological polar surface area (TPSA) is 76.1 Å². The van der Waals surface area contributed by atoms with Gasteiger partial charge in [0.1, 0.15) is 11.6 Å². The first-order chi connectivity index (χ1) is 14.2. The maximum Gasteiger partial charge on any atom is 0.309 e. The van der Waals surface area contributed by atoms with Crippen molar-refractivity contribution in [1.29, 1.82) is 0 Å². The van der Waals surface area contributed by atoms with Gasteiger partial charge in [0.25, 0.3) is 0 Å². The molecule has 1 aliphatic carbocycles. The molecule has 0 bridgehead atoms. The van der Waals surface area contributed by atoms with Crippen LogP contribution in [0.5, 0.6) is 0 Å². The maximum absolute atomic E-state index is 11.8. The largest absolute Gasteiger partial charge is 0.466 e. The molecule has 2 unspecified atom stereocenters. The Kier molecular flexibility index (Phi) is 5.70. The van der Waals surface area contributed by atoms with E-state index in [-0.39, 0.29) is 11.9 Å². The molecule has 4 rings (SSSR count). The fourth-order valence-corrected chi connectivity index (χ4v) is 3.30. The van der Waals surface area contributed by atoms with Crippen molar-refractivity contribution in [1.82, 2.24) is 9.97 Å². The number of esters is 1. The number of rotatable bonds is 8. The highest BCUT2D eigenvalue weighted by atomic mass is 16.5. The molecule has 148 valence electrons. The summed E-state index contributed by atoms with van der Waals surface area (Å²) in [6, 6.07) is 18.0. The van der Waals surface area contributed by atoms with Crippen molar-refractivity contribution in [3.05, 3.63) is 67.0 Å². The first-order valence-electron chi connectivity index (χ1n) is 9.88. The standard InChI is InChI=1S/C23H24N4O2/c1-2-29-23(28)20-12-18(20)15-26-21-13-16(8-10-24-21)17-9-11-25-22(14-17)27-19-6-4-3-5-7-19/h3-11,13-14,18,20H,2,12,15H2,1H3,(H,24,26)(H,25,27). The Morgan fingerprint density at radius 1 is 1.03 bits per heavy atom. The SMILES string of the molecule is CCOC(=O)C1CC1CNc1cc(-c2ccnc(Nc3ccccc3)c2)ccn1. The molecule has 3 aromatic rings. The average molecular weight is 388 g/mol. The molecule has 1 aromatic carbocycles. The molecule has 0 amide bonds. The monoisotopic (exact) mass is 388 g/mol. The number of carbonyl (C=O) groups excluding carboxylic acids is 1. The second kappa shape index (κ2) is 8.73. The van der Waals surface area contributed by atoms with Crippen LogP contribution in [0.2, 0.25) is 0 Å². The number of hydrogen-bond donors (Lipinski definition) is 2. The van der Waals surface area contributed by atoms with Crippen LogP contribution in [-0.4, -0.2) is 29.1 Å². The molecule has 2 aromatic heterocycles. The van der Waals surface area contributed by atoms with Crippen molar-refractivity contribution >= 4 is 23.3 Å². The predicted octanol–water partition coefficient (Wildman–Crippen LogP) is 4.50. The lowest BCUT2D eigenvalue weighted by Gasteiger charge is -2.10. The highest BCUT2D eigenvalue weighted by Gasteiger charge is 2.43. The highest BCUT2D eigenvalue weighted by Crippen LogP contribution is 2.39. The van der Waals surface area contributed by atoms with Crippen LogP contribution in [0.3, 0.4) is 0 Å². The van der Waals surface area contributed by atoms with Crippen LogP contribution in [0.1, 0.15) is 13.3 Å². The van der Waals surface area contributed by atoms with Crippen molar-refractivity contribution in [3.8, 4) is 11.1 Å². The summed E-state index contributed by atoms with van der Waals surface area (Å²) in [4.78, 5) is 20.6. The maximum atomic E-state index is 11.8. The minimum atomic E-state index is -0.0868. The first-order valence-corrected chi connectivity index (χ1v) is 9.88. The molecule has 1 fully saturated rings. The van der Waals surface area contributed by atoms with Gasteiger partial charge in [0, 0.05) is 24.6 Å². The molecular formula is C23H24N4O2. The number of carbonyl (C=O) groups is 1. The molecule has 6 nitrogen and oxygen atoms in total. The van der Waals surface area contributed by atoms with E-state index < -0.39 is 0 Å². The zero-order valence-electron chi connectivity index (χ0n) is 16.3. The molecule has 2 atom stereocenters. The second-order valence-corrected chi connectivity index (χ2v) is 7.09. The summed E-state index contributed by atoms with van der Waals surface area (Å²) in [6.45, 7) is 2.99. The summed E-state index contributed by atoms with van der Waals surface area (Å²) in [5.41, 5.74) is 3.10. The van der Waals surface area contributed by atoms with Gasteiger partial charge in [0.2, 0.25) is 0 Å². The van der Waals surface area contributed by atoms with E-state index in [0.29, 0.717) is 12.5 Å². The number of nitrogens with one attached hydrogen (secondary N) is 2. The Morgan fingerprint density at radius 3 is 2.45 bits per heavy atom. The van der Waals surface area contributed by atoms with Crippen LogP contribution >= 0.6 is 0 Å². The number of hydrogen-bond acceptors (Lipinski definition) is 6. The molecule has 0 radical (unpaired) electrons. The van der Waals surface area contributed by atoms with Crippen molar-refractivity contribution in [2.75, 3.05) is 23.8 Å². The van der Waals surface area contributed by atoms with Gasteiger partial charge in [-0.1, -0.05) is 18.2 Å². The van der Waals surface area contributed by atoms with Crippen molar-refractivity contribution in [2.45, 2.75) is 13.3 Å². The van der Waals surface area contributed by atoms with Crippen LogP contribution in [0.15, 0.2) is 67.0 Å². The van der Waals surface area contributed by atoms with E-state index >= 15 is 0 Å². The molecule has 0 saturated heterocycles. The summed E-state index contributed by atoms with van der Waals surface area (Å²) in [5, 5.41) is 6.66. The number of benzene rings is 1. The van der Waals surface area contributed by atoms with E-state index in [0.717, 1.165) is 41.4 Å². The van der Waals surface area contributed by atoms with Crippen LogP contribution in [0.25, 0.3) is 11.1 Å². The number of pyridine rings is 2. The molecule has 1 saturated carbocycles. The summed E-state index contributed by atoms with van der Waals surface area (Å²) in [6.07, 6.45) is 4.46. The molecule has 2 N–H and O–H groups in total. The second-order valence-electron chi connectivity index (χ2n) is 7.09. The van der Waals surface area contributed by atoms with Gasteiger partial charge >= 0.3 is 5.97 Å². The summed E-state index contributed by atoms with van der Waals surface area (Å²) in [5.74, 6) is 1.84. The van der Waals surface area contributed by atoms with E-state index in [1.54, 1.807) is 12.4 Å². The summed E-state index contributed by atoms with van der Waals surface area (Å²) >= 11 is 0. The number of ether oxygens (including phenoxy) is 1. The Hall–Kier alpha value is -3.41. The number of anilines is 3. The molecular weight excluding hydrogens is 364 g/mol. The third-order valence-electron chi connectivity index (χ3n) is 4.96. The average Bonchev–Trinajstić information content (AvgIpc) is 3.54. The van der Waals surface area contributed by atoms with E-state index in [1.807, 2.05) is 61.5 Å². The van der Waals surface area contributed by atoms with E-state index in [9.17, 15) is 4.79 Å². The third kappa shape index (κ3) is 4.90. The summed E-state index contributed by atoms with van der Waals surface area (Å²) < 4.78 is 5.08. The molecule has 0 aliphatic heterocycles. The van der Waals surface area contributed by atoms with Gasteiger partial charge in [0.05, 0.1) is 12.5 Å². The lowest BCUT2D eigenvalue weighted by molar-refractivity contribution is -0.145. The van der Waals surface area contributed by atoms with Gasteiger partial charge in [-0.3, -0.25) is 4.79 Å². The summed E-state index contributed by atoms with van der Waals surface area (Å²) in [7, 11) is 0. The Bertz CT molecular complexity index is 977. The lowest BCUT2D eigenvalue weighted by Crippen LogP contribution is -2.12. The molecule has 2 heterocycles. The normalized spacial score (nSPS) is 17.4. The van der Waals surface area contributed by atoms with Gasteiger partial charge in [0.15, 0.2) is 0 Å². The fourth-order valence-electron chi connectivity index (χ4n) is 3.30.